The Labute approximate surface area is 146 Å². The lowest BCUT2D eigenvalue weighted by Crippen LogP contribution is -2.41. The standard InChI is InChI=1S/C22H30FN/c1-2-3-4-8-21-10-13-22(14-11-21,15-12-21)9-7-18-5-6-19(17-24)20(23)16-18/h5-6,16H,2-4,7-15H2,1H3. The number of nitrogens with zero attached hydrogens (tertiary/aromatic N) is 1. The fourth-order valence-electron chi connectivity index (χ4n) is 5.06. The summed E-state index contributed by atoms with van der Waals surface area (Å²) in [6, 6.07) is 7.03. The summed E-state index contributed by atoms with van der Waals surface area (Å²) >= 11 is 0. The van der Waals surface area contributed by atoms with Crippen molar-refractivity contribution in [3.8, 4) is 6.07 Å². The molecule has 2 heteroatoms. The number of hydrogen-bond acceptors (Lipinski definition) is 1. The van der Waals surface area contributed by atoms with Crippen molar-refractivity contribution in [1.82, 2.24) is 0 Å². The number of nitriles is 1. The lowest BCUT2D eigenvalue weighted by atomic mass is 9.51. The molecule has 0 radical (unpaired) electrons. The van der Waals surface area contributed by atoms with Gasteiger partial charge in [-0.25, -0.2) is 4.39 Å². The molecule has 0 spiro atoms. The molecule has 4 rings (SSSR count). The lowest BCUT2D eigenvalue weighted by molar-refractivity contribution is -0.0204. The van der Waals surface area contributed by atoms with Crippen LogP contribution in [0.4, 0.5) is 4.39 Å². The molecule has 0 unspecified atom stereocenters. The molecule has 3 aliphatic carbocycles. The van der Waals surface area contributed by atoms with Crippen LogP contribution in [0.15, 0.2) is 18.2 Å². The zero-order valence-electron chi connectivity index (χ0n) is 15.0. The molecular formula is C22H30FN. The van der Waals surface area contributed by atoms with E-state index in [1.165, 1.54) is 70.6 Å². The third kappa shape index (κ3) is 3.66. The van der Waals surface area contributed by atoms with Gasteiger partial charge in [0.15, 0.2) is 0 Å². The van der Waals surface area contributed by atoms with Gasteiger partial charge in [-0.2, -0.15) is 5.26 Å². The Hall–Kier alpha value is -1.36. The first-order valence-corrected chi connectivity index (χ1v) is 9.79. The van der Waals surface area contributed by atoms with Gasteiger partial charge < -0.3 is 0 Å². The van der Waals surface area contributed by atoms with E-state index in [0.717, 1.165) is 12.0 Å². The highest BCUT2D eigenvalue weighted by atomic mass is 19.1. The van der Waals surface area contributed by atoms with Crippen LogP contribution in [0.2, 0.25) is 0 Å². The second-order valence-corrected chi connectivity index (χ2v) is 8.38. The third-order valence-electron chi connectivity index (χ3n) is 6.97. The molecule has 1 aromatic rings. The van der Waals surface area contributed by atoms with Crippen LogP contribution in [0.25, 0.3) is 0 Å². The van der Waals surface area contributed by atoms with E-state index in [-0.39, 0.29) is 11.4 Å². The van der Waals surface area contributed by atoms with Crippen LogP contribution in [-0.2, 0) is 6.42 Å². The zero-order valence-corrected chi connectivity index (χ0v) is 15.0. The van der Waals surface area contributed by atoms with Gasteiger partial charge in [0.05, 0.1) is 5.56 Å². The van der Waals surface area contributed by atoms with Gasteiger partial charge in [0.1, 0.15) is 11.9 Å². The molecular weight excluding hydrogens is 297 g/mol. The highest BCUT2D eigenvalue weighted by molar-refractivity contribution is 5.33. The van der Waals surface area contributed by atoms with E-state index in [1.54, 1.807) is 12.1 Å². The Morgan fingerprint density at radius 1 is 1.00 bits per heavy atom. The van der Waals surface area contributed by atoms with Gasteiger partial charge in [-0.3, -0.25) is 0 Å². The van der Waals surface area contributed by atoms with Crippen molar-refractivity contribution in [2.24, 2.45) is 10.8 Å². The van der Waals surface area contributed by atoms with E-state index < -0.39 is 0 Å². The first-order valence-electron chi connectivity index (χ1n) is 9.79. The second-order valence-electron chi connectivity index (χ2n) is 8.38. The number of rotatable bonds is 7. The molecule has 0 saturated heterocycles. The molecule has 0 aromatic heterocycles. The maximum atomic E-state index is 13.8. The monoisotopic (exact) mass is 327 g/mol. The Kier molecular flexibility index (Phi) is 5.28. The van der Waals surface area contributed by atoms with Gasteiger partial charge in [-0.15, -0.1) is 0 Å². The number of unbranched alkanes of at least 4 members (excludes halogenated alkanes) is 2. The van der Waals surface area contributed by atoms with Crippen molar-refractivity contribution in [2.45, 2.75) is 84.0 Å². The fourth-order valence-corrected chi connectivity index (χ4v) is 5.06. The quantitative estimate of drug-likeness (QED) is 0.521. The van der Waals surface area contributed by atoms with E-state index in [2.05, 4.69) is 6.92 Å². The maximum Gasteiger partial charge on any atom is 0.141 e. The van der Waals surface area contributed by atoms with Gasteiger partial charge in [0, 0.05) is 0 Å². The van der Waals surface area contributed by atoms with Crippen molar-refractivity contribution < 1.29 is 4.39 Å². The van der Waals surface area contributed by atoms with E-state index >= 15 is 0 Å². The number of hydrogen-bond donors (Lipinski definition) is 0. The Morgan fingerprint density at radius 3 is 2.17 bits per heavy atom. The predicted octanol–water partition coefficient (Wildman–Crippen LogP) is 6.55. The summed E-state index contributed by atoms with van der Waals surface area (Å²) in [4.78, 5) is 0. The molecule has 0 atom stereocenters. The van der Waals surface area contributed by atoms with Crippen molar-refractivity contribution in [2.75, 3.05) is 0 Å². The molecule has 24 heavy (non-hydrogen) atoms. The highest BCUT2D eigenvalue weighted by Gasteiger charge is 2.47. The molecule has 1 nitrogen and oxygen atoms in total. The summed E-state index contributed by atoms with van der Waals surface area (Å²) in [7, 11) is 0. The van der Waals surface area contributed by atoms with Gasteiger partial charge in [0.2, 0.25) is 0 Å². The van der Waals surface area contributed by atoms with Crippen molar-refractivity contribution in [3.05, 3.63) is 35.1 Å². The zero-order chi connectivity index (χ0) is 17.0. The van der Waals surface area contributed by atoms with Crippen LogP contribution in [0.3, 0.4) is 0 Å². The lowest BCUT2D eigenvalue weighted by Gasteiger charge is -2.54. The summed E-state index contributed by atoms with van der Waals surface area (Å²) in [6.07, 6.45) is 16.1. The Morgan fingerprint density at radius 2 is 1.62 bits per heavy atom. The smallest absolute Gasteiger partial charge is 0.141 e. The van der Waals surface area contributed by atoms with Crippen LogP contribution >= 0.6 is 0 Å². The molecule has 0 amide bonds. The number of halogens is 1. The van der Waals surface area contributed by atoms with E-state index in [9.17, 15) is 4.39 Å². The SMILES string of the molecule is CCCCCC12CCC(CCc3ccc(C#N)c(F)c3)(CC1)CC2. The molecule has 3 saturated carbocycles. The number of aryl methyl sites for hydroxylation is 1. The minimum Gasteiger partial charge on any atom is -0.206 e. The minimum atomic E-state index is -0.366. The number of benzene rings is 1. The molecule has 0 heterocycles. The fraction of sp³-hybridized carbons (Fsp3) is 0.682. The van der Waals surface area contributed by atoms with Gasteiger partial charge in [-0.1, -0.05) is 32.3 Å². The predicted molar refractivity (Wildman–Crippen MR) is 96.1 cm³/mol. The van der Waals surface area contributed by atoms with Crippen LogP contribution in [0.5, 0.6) is 0 Å². The largest absolute Gasteiger partial charge is 0.206 e. The van der Waals surface area contributed by atoms with Crippen LogP contribution in [0.1, 0.15) is 88.7 Å². The molecule has 0 aliphatic heterocycles. The van der Waals surface area contributed by atoms with Crippen molar-refractivity contribution in [1.29, 1.82) is 5.26 Å². The Balaban J connectivity index is 1.55. The molecule has 130 valence electrons. The Bertz CT molecular complexity index is 588. The average molecular weight is 327 g/mol. The second kappa shape index (κ2) is 7.26. The summed E-state index contributed by atoms with van der Waals surface area (Å²) in [6.45, 7) is 2.29. The van der Waals surface area contributed by atoms with Gasteiger partial charge >= 0.3 is 0 Å². The summed E-state index contributed by atoms with van der Waals surface area (Å²) in [5.41, 5.74) is 2.38. The van der Waals surface area contributed by atoms with Gasteiger partial charge in [-0.05, 0) is 86.3 Å². The van der Waals surface area contributed by atoms with E-state index in [0.29, 0.717) is 10.8 Å². The third-order valence-corrected chi connectivity index (χ3v) is 6.97. The molecule has 3 fully saturated rings. The van der Waals surface area contributed by atoms with Crippen LogP contribution in [0, 0.1) is 28.0 Å². The van der Waals surface area contributed by atoms with Crippen LogP contribution < -0.4 is 0 Å². The topological polar surface area (TPSA) is 23.8 Å². The molecule has 1 aromatic carbocycles. The number of fused-ring (bicyclic) bond motifs is 3. The average Bonchev–Trinajstić information content (AvgIpc) is 2.62. The summed E-state index contributed by atoms with van der Waals surface area (Å²) < 4.78 is 13.8. The summed E-state index contributed by atoms with van der Waals surface area (Å²) in [5, 5.41) is 8.84. The maximum absolute atomic E-state index is 13.8. The summed E-state index contributed by atoms with van der Waals surface area (Å²) in [5.74, 6) is -0.366. The van der Waals surface area contributed by atoms with Crippen molar-refractivity contribution in [3.63, 3.8) is 0 Å². The van der Waals surface area contributed by atoms with E-state index in [4.69, 9.17) is 5.26 Å². The molecule has 3 aliphatic rings. The van der Waals surface area contributed by atoms with Gasteiger partial charge in [0.25, 0.3) is 0 Å². The van der Waals surface area contributed by atoms with Crippen LogP contribution in [-0.4, -0.2) is 0 Å². The molecule has 2 bridgehead atoms. The normalized spacial score (nSPS) is 28.7. The first-order chi connectivity index (χ1) is 11.6. The van der Waals surface area contributed by atoms with E-state index in [1.807, 2.05) is 12.1 Å². The van der Waals surface area contributed by atoms with Crippen molar-refractivity contribution >= 4 is 0 Å². The highest BCUT2D eigenvalue weighted by Crippen LogP contribution is 2.60. The minimum absolute atomic E-state index is 0.157. The molecule has 0 N–H and O–H groups in total. The first kappa shape index (κ1) is 17.5.